The molecule has 4 aromatic rings. The summed E-state index contributed by atoms with van der Waals surface area (Å²) in [6.45, 7) is 9.01. The van der Waals surface area contributed by atoms with E-state index in [1.807, 2.05) is 12.4 Å². The molecule has 2 heteroatoms. The van der Waals surface area contributed by atoms with Gasteiger partial charge < -0.3 is 0 Å². The molecule has 0 aliphatic carbocycles. The van der Waals surface area contributed by atoms with E-state index in [4.69, 9.17) is 4.98 Å². The lowest BCUT2D eigenvalue weighted by Gasteiger charge is -2.25. The van der Waals surface area contributed by atoms with Crippen molar-refractivity contribution in [3.8, 4) is 0 Å². The zero-order valence-corrected chi connectivity index (χ0v) is 16.5. The van der Waals surface area contributed by atoms with Crippen LogP contribution in [0.5, 0.6) is 0 Å². The second kappa shape index (κ2) is 6.77. The van der Waals surface area contributed by atoms with Gasteiger partial charge in [0, 0.05) is 34.3 Å². The normalized spacial score (nSPS) is 12.2. The fourth-order valence-corrected chi connectivity index (χ4v) is 3.88. The van der Waals surface area contributed by atoms with Crippen molar-refractivity contribution in [2.75, 3.05) is 0 Å². The molecule has 0 spiro atoms. The molecular weight excluding hydrogens is 328 g/mol. The molecule has 0 amide bonds. The van der Waals surface area contributed by atoms with E-state index in [9.17, 15) is 0 Å². The summed E-state index contributed by atoms with van der Waals surface area (Å²) in [5.74, 6) is 0.500. The van der Waals surface area contributed by atoms with Gasteiger partial charge in [-0.2, -0.15) is 0 Å². The van der Waals surface area contributed by atoms with Gasteiger partial charge in [-0.3, -0.25) is 9.97 Å². The number of aromatic nitrogens is 2. The molecule has 4 rings (SSSR count). The van der Waals surface area contributed by atoms with Crippen molar-refractivity contribution in [1.29, 1.82) is 0 Å². The number of nitrogens with zero attached hydrogens (tertiary/aromatic N) is 2. The molecule has 0 atom stereocenters. The minimum atomic E-state index is -0.0482. The highest BCUT2D eigenvalue weighted by molar-refractivity contribution is 5.83. The highest BCUT2D eigenvalue weighted by Gasteiger charge is 2.23. The topological polar surface area (TPSA) is 25.8 Å². The summed E-state index contributed by atoms with van der Waals surface area (Å²) in [5, 5.41) is 3.70. The highest BCUT2D eigenvalue weighted by Crippen LogP contribution is 2.30. The van der Waals surface area contributed by atoms with E-state index in [2.05, 4.69) is 87.3 Å². The summed E-state index contributed by atoms with van der Waals surface area (Å²) in [4.78, 5) is 9.37. The lowest BCUT2D eigenvalue weighted by Crippen LogP contribution is -2.22. The van der Waals surface area contributed by atoms with E-state index in [0.29, 0.717) is 5.92 Å². The van der Waals surface area contributed by atoms with Crippen LogP contribution in [0.2, 0.25) is 0 Å². The number of benzene rings is 2. The van der Waals surface area contributed by atoms with Gasteiger partial charge in [-0.25, -0.2) is 0 Å². The van der Waals surface area contributed by atoms with Crippen molar-refractivity contribution in [3.05, 3.63) is 83.8 Å². The lowest BCUT2D eigenvalue weighted by atomic mass is 9.81. The Bertz CT molecular complexity index is 1110. The molecule has 0 saturated heterocycles. The maximum atomic E-state index is 4.76. The van der Waals surface area contributed by atoms with Gasteiger partial charge in [0.05, 0.1) is 5.52 Å². The molecule has 0 saturated carbocycles. The molecule has 0 radical (unpaired) electrons. The highest BCUT2D eigenvalue weighted by atomic mass is 14.7. The smallest absolute Gasteiger partial charge is 0.0707 e. The molecule has 0 N–H and O–H groups in total. The fraction of sp³-hybridized carbons (Fsp3) is 0.280. The molecule has 2 heterocycles. The number of hydrogen-bond acceptors (Lipinski definition) is 2. The van der Waals surface area contributed by atoms with E-state index in [0.717, 1.165) is 17.6 Å². The third kappa shape index (κ3) is 3.44. The Morgan fingerprint density at radius 2 is 1.67 bits per heavy atom. The zero-order valence-electron chi connectivity index (χ0n) is 16.5. The monoisotopic (exact) mass is 354 g/mol. The third-order valence-corrected chi connectivity index (χ3v) is 5.43. The summed E-state index contributed by atoms with van der Waals surface area (Å²) in [7, 11) is 0. The van der Waals surface area contributed by atoms with Crippen LogP contribution in [0.15, 0.2) is 67.0 Å². The molecule has 0 bridgehead atoms. The largest absolute Gasteiger partial charge is 0.260 e. The molecule has 2 aromatic heterocycles. The fourth-order valence-electron chi connectivity index (χ4n) is 3.88. The molecule has 0 unspecified atom stereocenters. The van der Waals surface area contributed by atoms with Crippen molar-refractivity contribution < 1.29 is 0 Å². The number of fused-ring (bicyclic) bond motifs is 2. The van der Waals surface area contributed by atoms with Crippen LogP contribution in [-0.4, -0.2) is 9.97 Å². The summed E-state index contributed by atoms with van der Waals surface area (Å²) < 4.78 is 0. The Balaban J connectivity index is 1.69. The van der Waals surface area contributed by atoms with Gasteiger partial charge in [0.25, 0.3) is 0 Å². The minimum absolute atomic E-state index is 0.0482. The minimum Gasteiger partial charge on any atom is -0.260 e. The van der Waals surface area contributed by atoms with Crippen LogP contribution in [0.3, 0.4) is 0 Å². The Morgan fingerprint density at radius 1 is 0.889 bits per heavy atom. The van der Waals surface area contributed by atoms with Crippen molar-refractivity contribution in [2.24, 2.45) is 0 Å². The predicted octanol–water partition coefficient (Wildman–Crippen LogP) is 6.43. The maximum Gasteiger partial charge on any atom is 0.0707 e. The van der Waals surface area contributed by atoms with Crippen molar-refractivity contribution in [1.82, 2.24) is 9.97 Å². The van der Waals surface area contributed by atoms with Crippen LogP contribution >= 0.6 is 0 Å². The SMILES string of the molecule is CC(C)c1ccnc2cc(CC(C)(C)c3cc4ccccc4cn3)ccc12. The Morgan fingerprint density at radius 3 is 2.44 bits per heavy atom. The second-order valence-corrected chi connectivity index (χ2v) is 8.38. The summed E-state index contributed by atoms with van der Waals surface area (Å²) in [6.07, 6.45) is 4.85. The average molecular weight is 354 g/mol. The first-order valence-electron chi connectivity index (χ1n) is 9.67. The molecule has 27 heavy (non-hydrogen) atoms. The number of pyridine rings is 2. The van der Waals surface area contributed by atoms with Gasteiger partial charge >= 0.3 is 0 Å². The predicted molar refractivity (Wildman–Crippen MR) is 114 cm³/mol. The van der Waals surface area contributed by atoms with E-state index in [1.54, 1.807) is 0 Å². The van der Waals surface area contributed by atoms with E-state index in [1.165, 1.54) is 27.3 Å². The van der Waals surface area contributed by atoms with Gasteiger partial charge in [0.1, 0.15) is 0 Å². The van der Waals surface area contributed by atoms with Gasteiger partial charge in [-0.1, -0.05) is 64.1 Å². The third-order valence-electron chi connectivity index (χ3n) is 5.43. The molecule has 136 valence electrons. The van der Waals surface area contributed by atoms with Crippen LogP contribution in [0.4, 0.5) is 0 Å². The van der Waals surface area contributed by atoms with Gasteiger partial charge in [0.15, 0.2) is 0 Å². The first kappa shape index (κ1) is 17.7. The van der Waals surface area contributed by atoms with E-state index in [-0.39, 0.29) is 5.41 Å². The zero-order chi connectivity index (χ0) is 19.0. The van der Waals surface area contributed by atoms with Crippen LogP contribution in [0, 0.1) is 0 Å². The Kier molecular flexibility index (Phi) is 4.43. The Labute approximate surface area is 161 Å². The van der Waals surface area contributed by atoms with E-state index < -0.39 is 0 Å². The van der Waals surface area contributed by atoms with Crippen molar-refractivity contribution in [3.63, 3.8) is 0 Å². The molecule has 0 fully saturated rings. The standard InChI is InChI=1S/C25H26N2/c1-17(2)21-11-12-26-23-13-18(9-10-22(21)23)15-25(3,4)24-14-19-7-5-6-8-20(19)16-27-24/h5-14,16-17H,15H2,1-4H3. The number of hydrogen-bond donors (Lipinski definition) is 0. The van der Waals surface area contributed by atoms with Crippen molar-refractivity contribution >= 4 is 21.7 Å². The maximum absolute atomic E-state index is 4.76. The first-order chi connectivity index (χ1) is 12.9. The van der Waals surface area contributed by atoms with Crippen molar-refractivity contribution in [2.45, 2.75) is 45.4 Å². The van der Waals surface area contributed by atoms with Crippen LogP contribution < -0.4 is 0 Å². The number of rotatable bonds is 4. The summed E-state index contributed by atoms with van der Waals surface area (Å²) >= 11 is 0. The van der Waals surface area contributed by atoms with Gasteiger partial charge in [-0.15, -0.1) is 0 Å². The molecular formula is C25H26N2. The van der Waals surface area contributed by atoms with Crippen LogP contribution in [-0.2, 0) is 11.8 Å². The van der Waals surface area contributed by atoms with Crippen LogP contribution in [0.25, 0.3) is 21.7 Å². The first-order valence-corrected chi connectivity index (χ1v) is 9.67. The summed E-state index contributed by atoms with van der Waals surface area (Å²) in [6, 6.07) is 19.5. The second-order valence-electron chi connectivity index (χ2n) is 8.38. The van der Waals surface area contributed by atoms with Crippen LogP contribution in [0.1, 0.15) is 50.4 Å². The lowest BCUT2D eigenvalue weighted by molar-refractivity contribution is 0.506. The molecule has 2 nitrogen and oxygen atoms in total. The molecule has 0 aliphatic heterocycles. The van der Waals surface area contributed by atoms with Gasteiger partial charge in [-0.05, 0) is 47.1 Å². The Hall–Kier alpha value is -2.74. The van der Waals surface area contributed by atoms with E-state index >= 15 is 0 Å². The molecule has 2 aromatic carbocycles. The van der Waals surface area contributed by atoms with Gasteiger partial charge in [0.2, 0.25) is 0 Å². The average Bonchev–Trinajstić information content (AvgIpc) is 2.66. The molecule has 0 aliphatic rings. The summed E-state index contributed by atoms with van der Waals surface area (Å²) in [5.41, 5.74) is 4.83. The quantitative estimate of drug-likeness (QED) is 0.422.